The summed E-state index contributed by atoms with van der Waals surface area (Å²) in [6, 6.07) is 8.46. The van der Waals surface area contributed by atoms with Gasteiger partial charge in [0.05, 0.1) is 0 Å². The van der Waals surface area contributed by atoms with Crippen LogP contribution in [0.15, 0.2) is 24.3 Å². The van der Waals surface area contributed by atoms with Crippen LogP contribution in [0.4, 0.5) is 4.79 Å². The smallest absolute Gasteiger partial charge is 0.317 e. The van der Waals surface area contributed by atoms with Gasteiger partial charge in [-0.2, -0.15) is 0 Å². The van der Waals surface area contributed by atoms with E-state index in [2.05, 4.69) is 23.5 Å². The highest BCUT2D eigenvalue weighted by molar-refractivity contribution is 5.74. The number of amides is 2. The van der Waals surface area contributed by atoms with Gasteiger partial charge in [0.2, 0.25) is 0 Å². The summed E-state index contributed by atoms with van der Waals surface area (Å²) >= 11 is 0. The lowest BCUT2D eigenvalue weighted by Crippen LogP contribution is -2.43. The Morgan fingerprint density at radius 1 is 1.40 bits per heavy atom. The zero-order valence-electron chi connectivity index (χ0n) is 12.1. The molecule has 20 heavy (non-hydrogen) atoms. The molecule has 0 saturated heterocycles. The summed E-state index contributed by atoms with van der Waals surface area (Å²) in [4.78, 5) is 14.2. The molecule has 1 aliphatic rings. The molecular formula is C16H24N2O2. The fraction of sp³-hybridized carbons (Fsp3) is 0.562. The van der Waals surface area contributed by atoms with E-state index in [1.807, 2.05) is 17.9 Å². The lowest BCUT2D eigenvalue weighted by atomic mass is 10.0. The maximum atomic E-state index is 12.3. The van der Waals surface area contributed by atoms with Crippen LogP contribution in [0.5, 0.6) is 0 Å². The van der Waals surface area contributed by atoms with Gasteiger partial charge in [0.25, 0.3) is 0 Å². The number of nitrogens with one attached hydrogen (secondary N) is 1. The van der Waals surface area contributed by atoms with E-state index in [0.717, 1.165) is 32.2 Å². The van der Waals surface area contributed by atoms with Gasteiger partial charge in [0.1, 0.15) is 0 Å². The fourth-order valence-electron chi connectivity index (χ4n) is 2.65. The Balaban J connectivity index is 1.94. The van der Waals surface area contributed by atoms with Crippen molar-refractivity contribution < 1.29 is 9.90 Å². The first-order valence-electron chi connectivity index (χ1n) is 7.44. The van der Waals surface area contributed by atoms with Crippen LogP contribution in [-0.4, -0.2) is 35.2 Å². The third-order valence-electron chi connectivity index (χ3n) is 3.81. The molecule has 0 aliphatic carbocycles. The molecule has 1 aromatic carbocycles. The van der Waals surface area contributed by atoms with Gasteiger partial charge in [-0.05, 0) is 43.7 Å². The molecule has 0 radical (unpaired) electrons. The van der Waals surface area contributed by atoms with Gasteiger partial charge in [-0.3, -0.25) is 0 Å². The highest BCUT2D eigenvalue weighted by atomic mass is 16.3. The molecule has 1 heterocycles. The molecule has 0 spiro atoms. The van der Waals surface area contributed by atoms with Gasteiger partial charge in [-0.25, -0.2) is 4.79 Å². The zero-order chi connectivity index (χ0) is 14.4. The predicted molar refractivity (Wildman–Crippen MR) is 79.5 cm³/mol. The first kappa shape index (κ1) is 14.9. The molecule has 2 rings (SSSR count). The van der Waals surface area contributed by atoms with Crippen molar-refractivity contribution >= 4 is 6.03 Å². The second-order valence-electron chi connectivity index (χ2n) is 5.51. The molecule has 4 heteroatoms. The second-order valence-corrected chi connectivity index (χ2v) is 5.51. The number of rotatable bonds is 4. The lowest BCUT2D eigenvalue weighted by Gasteiger charge is -2.24. The molecule has 2 N–H and O–H groups in total. The average molecular weight is 276 g/mol. The molecule has 4 nitrogen and oxygen atoms in total. The molecule has 1 aromatic rings. The minimum atomic E-state index is 0.00661. The van der Waals surface area contributed by atoms with Crippen molar-refractivity contribution in [2.45, 2.75) is 45.2 Å². The van der Waals surface area contributed by atoms with Crippen LogP contribution in [0.25, 0.3) is 0 Å². The first-order valence-corrected chi connectivity index (χ1v) is 7.44. The Bertz CT molecular complexity index is 448. The largest absolute Gasteiger partial charge is 0.396 e. The van der Waals surface area contributed by atoms with Crippen molar-refractivity contribution in [2.24, 2.45) is 0 Å². The third kappa shape index (κ3) is 3.97. The molecule has 1 unspecified atom stereocenters. The van der Waals surface area contributed by atoms with Crippen molar-refractivity contribution in [2.75, 3.05) is 13.2 Å². The Labute approximate surface area is 120 Å². The lowest BCUT2D eigenvalue weighted by molar-refractivity contribution is 0.190. The maximum Gasteiger partial charge on any atom is 0.317 e. The van der Waals surface area contributed by atoms with Crippen LogP contribution in [0.2, 0.25) is 0 Å². The minimum Gasteiger partial charge on any atom is -0.396 e. The molecule has 0 fully saturated rings. The van der Waals surface area contributed by atoms with Gasteiger partial charge in [0.15, 0.2) is 0 Å². The maximum absolute atomic E-state index is 12.3. The summed E-state index contributed by atoms with van der Waals surface area (Å²) < 4.78 is 0. The summed E-state index contributed by atoms with van der Waals surface area (Å²) in [7, 11) is 0. The van der Waals surface area contributed by atoms with Gasteiger partial charge >= 0.3 is 6.03 Å². The summed E-state index contributed by atoms with van der Waals surface area (Å²) in [5.74, 6) is 0. The number of nitrogens with zero attached hydrogens (tertiary/aromatic N) is 1. The van der Waals surface area contributed by atoms with Gasteiger partial charge in [-0.15, -0.1) is 0 Å². The van der Waals surface area contributed by atoms with E-state index in [0.29, 0.717) is 6.54 Å². The highest BCUT2D eigenvalue weighted by Gasteiger charge is 2.19. The number of hydrogen-bond acceptors (Lipinski definition) is 2. The average Bonchev–Trinajstić information content (AvgIpc) is 2.67. The van der Waals surface area contributed by atoms with Crippen LogP contribution in [-0.2, 0) is 13.0 Å². The van der Waals surface area contributed by atoms with Crippen molar-refractivity contribution in [3.63, 3.8) is 0 Å². The van der Waals surface area contributed by atoms with Crippen LogP contribution >= 0.6 is 0 Å². The zero-order valence-corrected chi connectivity index (χ0v) is 12.1. The van der Waals surface area contributed by atoms with Crippen LogP contribution < -0.4 is 5.32 Å². The minimum absolute atomic E-state index is 0.00661. The van der Waals surface area contributed by atoms with Crippen molar-refractivity contribution in [1.82, 2.24) is 10.2 Å². The normalized spacial score (nSPS) is 16.2. The molecule has 0 saturated carbocycles. The van der Waals surface area contributed by atoms with Gasteiger partial charge in [-0.1, -0.05) is 24.3 Å². The number of aryl methyl sites for hydroxylation is 1. The number of fused-ring (bicyclic) bond motifs is 1. The molecule has 0 aromatic heterocycles. The van der Waals surface area contributed by atoms with Crippen molar-refractivity contribution in [3.05, 3.63) is 35.4 Å². The first-order chi connectivity index (χ1) is 9.70. The molecule has 110 valence electrons. The van der Waals surface area contributed by atoms with E-state index in [-0.39, 0.29) is 18.7 Å². The molecule has 0 bridgehead atoms. The number of aliphatic hydroxyl groups is 1. The third-order valence-corrected chi connectivity index (χ3v) is 3.81. The standard InChI is InChI=1S/C16H24N2O2/c1-13(6-5-11-19)17-16(20)18-10-4-9-14-7-2-3-8-15(14)12-18/h2-3,7-8,13,19H,4-6,9-12H2,1H3,(H,17,20). The van der Waals surface area contributed by atoms with E-state index in [1.54, 1.807) is 0 Å². The number of carbonyl (C=O) groups is 1. The Morgan fingerprint density at radius 3 is 2.90 bits per heavy atom. The predicted octanol–water partition coefficient (Wildman–Crippen LogP) is 2.31. The molecule has 1 atom stereocenters. The van der Waals surface area contributed by atoms with Gasteiger partial charge < -0.3 is 15.3 Å². The van der Waals surface area contributed by atoms with E-state index < -0.39 is 0 Å². The summed E-state index contributed by atoms with van der Waals surface area (Å²) in [5.41, 5.74) is 2.61. The molecule has 1 aliphatic heterocycles. The van der Waals surface area contributed by atoms with E-state index >= 15 is 0 Å². The summed E-state index contributed by atoms with van der Waals surface area (Å²) in [6.45, 7) is 3.65. The summed E-state index contributed by atoms with van der Waals surface area (Å²) in [6.07, 6.45) is 3.59. The number of benzene rings is 1. The van der Waals surface area contributed by atoms with Crippen molar-refractivity contribution in [3.8, 4) is 0 Å². The van der Waals surface area contributed by atoms with E-state index in [9.17, 15) is 4.79 Å². The summed E-state index contributed by atoms with van der Waals surface area (Å²) in [5, 5.41) is 11.8. The molecular weight excluding hydrogens is 252 g/mol. The number of urea groups is 1. The Morgan fingerprint density at radius 2 is 2.15 bits per heavy atom. The quantitative estimate of drug-likeness (QED) is 0.886. The fourth-order valence-corrected chi connectivity index (χ4v) is 2.65. The van der Waals surface area contributed by atoms with Crippen LogP contribution in [0.1, 0.15) is 37.3 Å². The highest BCUT2D eigenvalue weighted by Crippen LogP contribution is 2.18. The van der Waals surface area contributed by atoms with E-state index in [1.165, 1.54) is 11.1 Å². The van der Waals surface area contributed by atoms with E-state index in [4.69, 9.17) is 5.11 Å². The molecule has 2 amide bonds. The second kappa shape index (κ2) is 7.29. The topological polar surface area (TPSA) is 52.6 Å². The van der Waals surface area contributed by atoms with Crippen LogP contribution in [0, 0.1) is 0 Å². The monoisotopic (exact) mass is 276 g/mol. The Kier molecular flexibility index (Phi) is 5.41. The van der Waals surface area contributed by atoms with Crippen molar-refractivity contribution in [1.29, 1.82) is 0 Å². The number of hydrogen-bond donors (Lipinski definition) is 2. The number of aliphatic hydroxyl groups excluding tert-OH is 1. The van der Waals surface area contributed by atoms with Gasteiger partial charge in [0, 0.05) is 25.7 Å². The Hall–Kier alpha value is -1.55. The number of carbonyl (C=O) groups excluding carboxylic acids is 1. The van der Waals surface area contributed by atoms with Crippen LogP contribution in [0.3, 0.4) is 0 Å². The SMILES string of the molecule is CC(CCCO)NC(=O)N1CCCc2ccccc2C1.